The van der Waals surface area contributed by atoms with Gasteiger partial charge in [0.1, 0.15) is 10.3 Å². The minimum Gasteiger partial charge on any atom is -0.305 e. The average molecular weight is 299 g/mol. The van der Waals surface area contributed by atoms with Crippen molar-refractivity contribution < 1.29 is 4.79 Å². The van der Waals surface area contributed by atoms with Crippen LogP contribution in [0.4, 0.5) is 5.82 Å². The van der Waals surface area contributed by atoms with Crippen LogP contribution >= 0.6 is 23.2 Å². The summed E-state index contributed by atoms with van der Waals surface area (Å²) in [5.74, 6) is 0.142. The molecule has 100 valence electrons. The van der Waals surface area contributed by atoms with E-state index in [1.54, 1.807) is 16.9 Å². The fourth-order valence-electron chi connectivity index (χ4n) is 1.48. The molecule has 0 spiro atoms. The fourth-order valence-corrected chi connectivity index (χ4v) is 1.94. The molecule has 0 aliphatic heterocycles. The Hall–Kier alpha value is -1.59. The van der Waals surface area contributed by atoms with Gasteiger partial charge in [0.25, 0.3) is 5.91 Å². The van der Waals surface area contributed by atoms with Crippen molar-refractivity contribution in [1.82, 2.24) is 14.8 Å². The van der Waals surface area contributed by atoms with Gasteiger partial charge in [-0.25, -0.2) is 4.98 Å². The second-order valence-corrected chi connectivity index (χ2v) is 5.00. The van der Waals surface area contributed by atoms with Gasteiger partial charge in [-0.15, -0.1) is 0 Å². The van der Waals surface area contributed by atoms with E-state index in [9.17, 15) is 4.79 Å². The summed E-state index contributed by atoms with van der Waals surface area (Å²) in [4.78, 5) is 15.8. The van der Waals surface area contributed by atoms with Crippen molar-refractivity contribution in [2.24, 2.45) is 0 Å². The van der Waals surface area contributed by atoms with Gasteiger partial charge in [-0.1, -0.05) is 23.2 Å². The maximum atomic E-state index is 12.0. The van der Waals surface area contributed by atoms with Crippen LogP contribution in [0.1, 0.15) is 30.2 Å². The van der Waals surface area contributed by atoms with Gasteiger partial charge in [-0.3, -0.25) is 9.48 Å². The second-order valence-electron chi connectivity index (χ2n) is 4.23. The lowest BCUT2D eigenvalue weighted by molar-refractivity contribution is 0.102. The van der Waals surface area contributed by atoms with Crippen molar-refractivity contribution >= 4 is 34.9 Å². The minimum atomic E-state index is -0.333. The summed E-state index contributed by atoms with van der Waals surface area (Å²) in [6.07, 6.45) is 1.80. The molecule has 0 aromatic carbocycles. The van der Waals surface area contributed by atoms with Crippen LogP contribution in [0.2, 0.25) is 10.3 Å². The number of carbonyl (C=O) groups is 1. The van der Waals surface area contributed by atoms with Gasteiger partial charge >= 0.3 is 0 Å². The average Bonchev–Trinajstić information content (AvgIpc) is 2.76. The molecule has 0 aliphatic carbocycles. The molecule has 0 fully saturated rings. The minimum absolute atomic E-state index is 0.172. The molecule has 5 nitrogen and oxygen atoms in total. The third-order valence-electron chi connectivity index (χ3n) is 2.40. The highest BCUT2D eigenvalue weighted by Gasteiger charge is 2.11. The highest BCUT2D eigenvalue weighted by Crippen LogP contribution is 2.16. The van der Waals surface area contributed by atoms with Crippen LogP contribution in [-0.2, 0) is 0 Å². The van der Waals surface area contributed by atoms with Gasteiger partial charge < -0.3 is 5.32 Å². The Kier molecular flexibility index (Phi) is 4.07. The van der Waals surface area contributed by atoms with Crippen LogP contribution in [0, 0.1) is 0 Å². The zero-order valence-electron chi connectivity index (χ0n) is 10.4. The number of anilines is 1. The number of hydrogen-bond acceptors (Lipinski definition) is 3. The normalized spacial score (nSPS) is 10.8. The van der Waals surface area contributed by atoms with Crippen LogP contribution in [-0.4, -0.2) is 20.7 Å². The van der Waals surface area contributed by atoms with Gasteiger partial charge in [0.15, 0.2) is 5.82 Å². The molecule has 0 unspecified atom stereocenters. The molecule has 2 aromatic heterocycles. The molecule has 1 N–H and O–H groups in total. The summed E-state index contributed by atoms with van der Waals surface area (Å²) in [6.45, 7) is 4.00. The summed E-state index contributed by atoms with van der Waals surface area (Å²) < 4.78 is 1.75. The van der Waals surface area contributed by atoms with Crippen LogP contribution in [0.15, 0.2) is 24.4 Å². The van der Waals surface area contributed by atoms with E-state index in [1.807, 2.05) is 13.8 Å². The number of amides is 1. The molecule has 0 bridgehead atoms. The lowest BCUT2D eigenvalue weighted by Gasteiger charge is -2.05. The number of rotatable bonds is 3. The molecular formula is C12H12Cl2N4O. The summed E-state index contributed by atoms with van der Waals surface area (Å²) in [6, 6.07) is 4.85. The number of carbonyl (C=O) groups excluding carboxylic acids is 1. The number of hydrogen-bond donors (Lipinski definition) is 1. The van der Waals surface area contributed by atoms with Gasteiger partial charge in [-0.2, -0.15) is 5.10 Å². The van der Waals surface area contributed by atoms with Crippen molar-refractivity contribution in [3.8, 4) is 0 Å². The molecule has 2 rings (SSSR count). The Labute approximate surface area is 120 Å². The third kappa shape index (κ3) is 3.45. The van der Waals surface area contributed by atoms with Crippen LogP contribution in [0.3, 0.4) is 0 Å². The Balaban J connectivity index is 2.15. The Morgan fingerprint density at radius 1 is 1.32 bits per heavy atom. The standard InChI is InChI=1S/C12H12Cl2N4O/c1-7(2)18-4-3-11(17-18)16-12(19)8-5-9(13)15-10(14)6-8/h3-7H,1-2H3,(H,16,17,19). The fraction of sp³-hybridized carbons (Fsp3) is 0.250. The Morgan fingerprint density at radius 2 is 1.95 bits per heavy atom. The largest absolute Gasteiger partial charge is 0.305 e. The molecule has 0 aliphatic rings. The zero-order chi connectivity index (χ0) is 14.0. The summed E-state index contributed by atoms with van der Waals surface area (Å²) in [5.41, 5.74) is 0.337. The first-order valence-electron chi connectivity index (χ1n) is 5.65. The first kappa shape index (κ1) is 13.8. The molecule has 7 heteroatoms. The molecule has 19 heavy (non-hydrogen) atoms. The van der Waals surface area contributed by atoms with Gasteiger partial charge in [0, 0.05) is 23.9 Å². The molecule has 0 radical (unpaired) electrons. The number of nitrogens with one attached hydrogen (secondary N) is 1. The second kappa shape index (κ2) is 5.59. The Bertz CT molecular complexity index is 589. The highest BCUT2D eigenvalue weighted by atomic mass is 35.5. The van der Waals surface area contributed by atoms with E-state index < -0.39 is 0 Å². The van der Waals surface area contributed by atoms with Crippen molar-refractivity contribution in [3.05, 3.63) is 40.3 Å². The number of pyridine rings is 1. The zero-order valence-corrected chi connectivity index (χ0v) is 11.9. The van der Waals surface area contributed by atoms with Crippen LogP contribution in [0.5, 0.6) is 0 Å². The Morgan fingerprint density at radius 3 is 2.47 bits per heavy atom. The molecule has 0 saturated heterocycles. The highest BCUT2D eigenvalue weighted by molar-refractivity contribution is 6.33. The van der Waals surface area contributed by atoms with E-state index in [2.05, 4.69) is 15.4 Å². The van der Waals surface area contributed by atoms with Crippen molar-refractivity contribution in [3.63, 3.8) is 0 Å². The molecule has 2 heterocycles. The molecule has 0 saturated carbocycles. The van der Waals surface area contributed by atoms with E-state index in [-0.39, 0.29) is 22.3 Å². The van der Waals surface area contributed by atoms with E-state index in [0.29, 0.717) is 11.4 Å². The quantitative estimate of drug-likeness (QED) is 0.883. The first-order valence-corrected chi connectivity index (χ1v) is 6.41. The molecule has 1 amide bonds. The van der Waals surface area contributed by atoms with E-state index in [4.69, 9.17) is 23.2 Å². The maximum Gasteiger partial charge on any atom is 0.257 e. The van der Waals surface area contributed by atoms with E-state index in [0.717, 1.165) is 0 Å². The predicted octanol–water partition coefficient (Wildman–Crippen LogP) is 3.42. The third-order valence-corrected chi connectivity index (χ3v) is 2.79. The van der Waals surface area contributed by atoms with Crippen LogP contribution in [0.25, 0.3) is 0 Å². The van der Waals surface area contributed by atoms with Crippen molar-refractivity contribution in [1.29, 1.82) is 0 Å². The van der Waals surface area contributed by atoms with Crippen molar-refractivity contribution in [2.45, 2.75) is 19.9 Å². The van der Waals surface area contributed by atoms with Crippen molar-refractivity contribution in [2.75, 3.05) is 5.32 Å². The van der Waals surface area contributed by atoms with E-state index >= 15 is 0 Å². The summed E-state index contributed by atoms with van der Waals surface area (Å²) in [7, 11) is 0. The number of aromatic nitrogens is 3. The predicted molar refractivity (Wildman–Crippen MR) is 74.8 cm³/mol. The molecular weight excluding hydrogens is 287 g/mol. The summed E-state index contributed by atoms with van der Waals surface area (Å²) >= 11 is 11.5. The molecule has 2 aromatic rings. The summed E-state index contributed by atoms with van der Waals surface area (Å²) in [5, 5.41) is 7.24. The lowest BCUT2D eigenvalue weighted by atomic mass is 10.2. The SMILES string of the molecule is CC(C)n1ccc(NC(=O)c2cc(Cl)nc(Cl)c2)n1. The van der Waals surface area contributed by atoms with Gasteiger partial charge in [0.2, 0.25) is 0 Å². The van der Waals surface area contributed by atoms with Gasteiger partial charge in [0.05, 0.1) is 0 Å². The number of halogens is 2. The first-order chi connectivity index (χ1) is 8.95. The van der Waals surface area contributed by atoms with E-state index in [1.165, 1.54) is 12.1 Å². The number of nitrogens with zero attached hydrogens (tertiary/aromatic N) is 3. The lowest BCUT2D eigenvalue weighted by Crippen LogP contribution is -2.13. The smallest absolute Gasteiger partial charge is 0.257 e. The maximum absolute atomic E-state index is 12.0. The molecule has 0 atom stereocenters. The monoisotopic (exact) mass is 298 g/mol. The topological polar surface area (TPSA) is 59.8 Å². The van der Waals surface area contributed by atoms with Gasteiger partial charge in [-0.05, 0) is 26.0 Å². The van der Waals surface area contributed by atoms with Crippen LogP contribution < -0.4 is 5.32 Å².